The predicted molar refractivity (Wildman–Crippen MR) is 100 cm³/mol. The van der Waals surface area contributed by atoms with Crippen LogP contribution in [0.25, 0.3) is 21.8 Å². The Morgan fingerprint density at radius 1 is 1.21 bits per heavy atom. The number of fused-ring (bicyclic) bond motifs is 3. The molecule has 4 rings (SSSR count). The van der Waals surface area contributed by atoms with Gasteiger partial charge in [0.2, 0.25) is 0 Å². The van der Waals surface area contributed by atoms with Crippen LogP contribution in [-0.4, -0.2) is 45.8 Å². The lowest BCUT2D eigenvalue weighted by molar-refractivity contribution is -0.143. The highest BCUT2D eigenvalue weighted by atomic mass is 19.4. The van der Waals surface area contributed by atoms with Crippen LogP contribution in [0.5, 0.6) is 5.75 Å². The molecule has 152 valence electrons. The SMILES string of the molecule is COCCn1ncc(Nc2nc3cccc(OC)c3c3cn[nH]c23)c1C(F)(F)F. The first-order valence-corrected chi connectivity index (χ1v) is 8.62. The summed E-state index contributed by atoms with van der Waals surface area (Å²) in [6, 6.07) is 5.29. The van der Waals surface area contributed by atoms with Gasteiger partial charge in [-0.3, -0.25) is 9.78 Å². The Bertz CT molecular complexity index is 1170. The second-order valence-corrected chi connectivity index (χ2v) is 6.22. The lowest BCUT2D eigenvalue weighted by Gasteiger charge is -2.14. The van der Waals surface area contributed by atoms with Crippen LogP contribution in [-0.2, 0) is 17.5 Å². The number of nitrogens with zero attached hydrogens (tertiary/aromatic N) is 4. The number of aromatic nitrogens is 5. The van der Waals surface area contributed by atoms with E-state index in [-0.39, 0.29) is 24.7 Å². The molecule has 0 spiro atoms. The number of H-pyrrole nitrogens is 1. The van der Waals surface area contributed by atoms with Crippen LogP contribution in [0.15, 0.2) is 30.6 Å². The van der Waals surface area contributed by atoms with Gasteiger partial charge in [0.05, 0.1) is 49.2 Å². The smallest absolute Gasteiger partial charge is 0.435 e. The van der Waals surface area contributed by atoms with Gasteiger partial charge in [0.15, 0.2) is 11.5 Å². The van der Waals surface area contributed by atoms with Crippen LogP contribution >= 0.6 is 0 Å². The fourth-order valence-corrected chi connectivity index (χ4v) is 3.23. The fourth-order valence-electron chi connectivity index (χ4n) is 3.23. The Morgan fingerprint density at radius 2 is 2.03 bits per heavy atom. The Hall–Kier alpha value is -3.34. The average molecular weight is 406 g/mol. The summed E-state index contributed by atoms with van der Waals surface area (Å²) < 4.78 is 52.2. The molecule has 0 radical (unpaired) electrons. The second kappa shape index (κ2) is 7.24. The van der Waals surface area contributed by atoms with Gasteiger partial charge in [-0.1, -0.05) is 6.07 Å². The quantitative estimate of drug-likeness (QED) is 0.507. The molecule has 4 aromatic rings. The molecule has 3 aromatic heterocycles. The van der Waals surface area contributed by atoms with Crippen molar-refractivity contribution in [1.29, 1.82) is 0 Å². The molecule has 0 unspecified atom stereocenters. The van der Waals surface area contributed by atoms with Crippen molar-refractivity contribution in [2.75, 3.05) is 26.1 Å². The molecule has 1 aromatic carbocycles. The molecule has 0 aliphatic rings. The van der Waals surface area contributed by atoms with E-state index in [0.29, 0.717) is 22.2 Å². The number of benzene rings is 1. The summed E-state index contributed by atoms with van der Waals surface area (Å²) in [6.07, 6.45) is -1.91. The molecule has 3 heterocycles. The molecule has 29 heavy (non-hydrogen) atoms. The van der Waals surface area contributed by atoms with E-state index in [1.807, 2.05) is 0 Å². The zero-order valence-electron chi connectivity index (χ0n) is 15.5. The van der Waals surface area contributed by atoms with Crippen LogP contribution in [0.3, 0.4) is 0 Å². The van der Waals surface area contributed by atoms with Crippen molar-refractivity contribution in [2.45, 2.75) is 12.7 Å². The van der Waals surface area contributed by atoms with Crippen LogP contribution in [0.2, 0.25) is 0 Å². The minimum absolute atomic E-state index is 0.0329. The molecule has 0 fully saturated rings. The molecule has 0 saturated carbocycles. The highest BCUT2D eigenvalue weighted by molar-refractivity contribution is 6.11. The summed E-state index contributed by atoms with van der Waals surface area (Å²) in [4.78, 5) is 4.48. The number of halogens is 3. The number of pyridine rings is 1. The molecule has 0 aliphatic heterocycles. The number of hydrogen-bond acceptors (Lipinski definition) is 6. The first kappa shape index (κ1) is 19.0. The normalized spacial score (nSPS) is 12.0. The summed E-state index contributed by atoms with van der Waals surface area (Å²) in [5, 5.41) is 14.8. The van der Waals surface area contributed by atoms with Crippen molar-refractivity contribution in [2.24, 2.45) is 0 Å². The van der Waals surface area contributed by atoms with Gasteiger partial charge in [0, 0.05) is 12.5 Å². The largest absolute Gasteiger partial charge is 0.496 e. The summed E-state index contributed by atoms with van der Waals surface area (Å²) in [5.74, 6) is 0.798. The Kier molecular flexibility index (Phi) is 4.74. The van der Waals surface area contributed by atoms with Crippen molar-refractivity contribution < 1.29 is 22.6 Å². The third kappa shape index (κ3) is 3.33. The zero-order valence-corrected chi connectivity index (χ0v) is 15.5. The summed E-state index contributed by atoms with van der Waals surface area (Å²) in [5.41, 5.74) is -0.102. The minimum atomic E-state index is -4.61. The van der Waals surface area contributed by atoms with E-state index < -0.39 is 11.9 Å². The van der Waals surface area contributed by atoms with Crippen LogP contribution in [0.1, 0.15) is 5.69 Å². The standard InChI is InChI=1S/C18H17F3N6O2/c1-28-7-6-27-16(18(19,20)21)12(9-23-27)25-17-15-10(8-22-26-15)14-11(24-17)4-3-5-13(14)29-2/h3-5,8-9H,6-7H2,1-2H3,(H,22,26)(H,24,25). The van der Waals surface area contributed by atoms with Crippen LogP contribution in [0.4, 0.5) is 24.7 Å². The number of hydrogen-bond donors (Lipinski definition) is 2. The first-order chi connectivity index (χ1) is 13.9. The molecule has 2 N–H and O–H groups in total. The lowest BCUT2D eigenvalue weighted by atomic mass is 10.1. The maximum absolute atomic E-state index is 13.7. The van der Waals surface area contributed by atoms with E-state index in [9.17, 15) is 13.2 Å². The molecule has 0 amide bonds. The van der Waals surface area contributed by atoms with Crippen molar-refractivity contribution in [3.05, 3.63) is 36.3 Å². The third-order valence-corrected chi connectivity index (χ3v) is 4.47. The molecule has 0 bridgehead atoms. The van der Waals surface area contributed by atoms with Gasteiger partial charge in [-0.2, -0.15) is 23.4 Å². The van der Waals surface area contributed by atoms with Gasteiger partial charge < -0.3 is 14.8 Å². The molecule has 0 aliphatic carbocycles. The monoisotopic (exact) mass is 406 g/mol. The minimum Gasteiger partial charge on any atom is -0.496 e. The number of methoxy groups -OCH3 is 2. The average Bonchev–Trinajstić information content (AvgIpc) is 3.32. The molecular formula is C18H17F3N6O2. The van der Waals surface area contributed by atoms with E-state index >= 15 is 0 Å². The van der Waals surface area contributed by atoms with Gasteiger partial charge in [-0.05, 0) is 12.1 Å². The van der Waals surface area contributed by atoms with Gasteiger partial charge in [0.25, 0.3) is 0 Å². The van der Waals surface area contributed by atoms with Crippen LogP contribution in [0, 0.1) is 0 Å². The van der Waals surface area contributed by atoms with Crippen molar-refractivity contribution in [3.63, 3.8) is 0 Å². The summed E-state index contributed by atoms with van der Waals surface area (Å²) in [6.45, 7) is 0.0673. The van der Waals surface area contributed by atoms with Gasteiger partial charge in [-0.25, -0.2) is 4.98 Å². The van der Waals surface area contributed by atoms with E-state index in [1.54, 1.807) is 24.4 Å². The highest BCUT2D eigenvalue weighted by Gasteiger charge is 2.38. The molecule has 0 saturated heterocycles. The maximum Gasteiger partial charge on any atom is 0.435 e. The Labute approximate surface area is 162 Å². The van der Waals surface area contributed by atoms with E-state index in [0.717, 1.165) is 16.3 Å². The van der Waals surface area contributed by atoms with Gasteiger partial charge in [0.1, 0.15) is 11.3 Å². The Balaban J connectivity index is 1.85. The third-order valence-electron chi connectivity index (χ3n) is 4.47. The first-order valence-electron chi connectivity index (χ1n) is 8.62. The number of aromatic amines is 1. The van der Waals surface area contributed by atoms with E-state index in [4.69, 9.17) is 9.47 Å². The number of alkyl halides is 3. The maximum atomic E-state index is 13.7. The van der Waals surface area contributed by atoms with Gasteiger partial charge in [-0.15, -0.1) is 0 Å². The topological polar surface area (TPSA) is 89.9 Å². The second-order valence-electron chi connectivity index (χ2n) is 6.22. The highest BCUT2D eigenvalue weighted by Crippen LogP contribution is 2.38. The molecule has 0 atom stereocenters. The summed E-state index contributed by atoms with van der Waals surface area (Å²) >= 11 is 0. The molecular weight excluding hydrogens is 389 g/mol. The van der Waals surface area contributed by atoms with E-state index in [1.165, 1.54) is 14.2 Å². The number of anilines is 2. The van der Waals surface area contributed by atoms with E-state index in [2.05, 4.69) is 25.6 Å². The number of ether oxygens (including phenoxy) is 2. The molecule has 11 heteroatoms. The Morgan fingerprint density at radius 3 is 2.76 bits per heavy atom. The molecule has 8 nitrogen and oxygen atoms in total. The van der Waals surface area contributed by atoms with Crippen LogP contribution < -0.4 is 10.1 Å². The van der Waals surface area contributed by atoms with Crippen molar-refractivity contribution in [3.8, 4) is 5.75 Å². The van der Waals surface area contributed by atoms with Gasteiger partial charge >= 0.3 is 6.18 Å². The number of rotatable bonds is 6. The zero-order chi connectivity index (χ0) is 20.6. The summed E-state index contributed by atoms with van der Waals surface area (Å²) in [7, 11) is 2.95. The fraction of sp³-hybridized carbons (Fsp3) is 0.278. The van der Waals surface area contributed by atoms with Crippen molar-refractivity contribution in [1.82, 2.24) is 25.0 Å². The van der Waals surface area contributed by atoms with Crippen molar-refractivity contribution >= 4 is 33.3 Å². The predicted octanol–water partition coefficient (Wildman–Crippen LogP) is 3.73. The lowest BCUT2D eigenvalue weighted by Crippen LogP contribution is -2.18. The number of nitrogens with one attached hydrogen (secondary N) is 2.